The van der Waals surface area contributed by atoms with E-state index in [9.17, 15) is 9.90 Å². The zero-order valence-electron chi connectivity index (χ0n) is 12.0. The summed E-state index contributed by atoms with van der Waals surface area (Å²) in [5.74, 6) is -0.382. The van der Waals surface area contributed by atoms with E-state index < -0.39 is 5.97 Å². The number of pyridine rings is 1. The SMILES string of the molecule is Cc1cc(C)c(C(=O)O)c(NC2CCN(C3CC3)C2)n1. The Labute approximate surface area is 119 Å². The third-order valence-corrected chi connectivity index (χ3v) is 4.18. The number of nitrogens with zero attached hydrogens (tertiary/aromatic N) is 2. The lowest BCUT2D eigenvalue weighted by atomic mass is 10.1. The molecule has 5 heteroatoms. The maximum atomic E-state index is 11.4. The van der Waals surface area contributed by atoms with Gasteiger partial charge in [0, 0.05) is 30.9 Å². The lowest BCUT2D eigenvalue weighted by Gasteiger charge is -2.18. The zero-order valence-corrected chi connectivity index (χ0v) is 12.0. The van der Waals surface area contributed by atoms with Crippen LogP contribution < -0.4 is 5.32 Å². The van der Waals surface area contributed by atoms with E-state index in [0.29, 0.717) is 17.4 Å². The van der Waals surface area contributed by atoms with Crippen molar-refractivity contribution < 1.29 is 9.90 Å². The Morgan fingerprint density at radius 2 is 2.15 bits per heavy atom. The number of carboxylic acid groups (broad SMARTS) is 1. The number of carbonyl (C=O) groups is 1. The van der Waals surface area contributed by atoms with Crippen molar-refractivity contribution in [3.8, 4) is 0 Å². The zero-order chi connectivity index (χ0) is 14.3. The molecular formula is C15H21N3O2. The van der Waals surface area contributed by atoms with Gasteiger partial charge >= 0.3 is 5.97 Å². The van der Waals surface area contributed by atoms with Crippen molar-refractivity contribution in [2.75, 3.05) is 18.4 Å². The highest BCUT2D eigenvalue weighted by atomic mass is 16.4. The van der Waals surface area contributed by atoms with Gasteiger partial charge in [-0.05, 0) is 44.7 Å². The van der Waals surface area contributed by atoms with Gasteiger partial charge in [0.05, 0.1) is 0 Å². The molecular weight excluding hydrogens is 254 g/mol. The molecule has 5 nitrogen and oxygen atoms in total. The van der Waals surface area contributed by atoms with Crippen molar-refractivity contribution in [1.82, 2.24) is 9.88 Å². The fourth-order valence-corrected chi connectivity index (χ4v) is 3.08. The van der Waals surface area contributed by atoms with Crippen LogP contribution in [0.1, 0.15) is 40.9 Å². The molecule has 1 saturated carbocycles. The summed E-state index contributed by atoms with van der Waals surface area (Å²) in [4.78, 5) is 18.3. The van der Waals surface area contributed by atoms with Crippen LogP contribution in [0.2, 0.25) is 0 Å². The van der Waals surface area contributed by atoms with Gasteiger partial charge in [-0.25, -0.2) is 9.78 Å². The summed E-state index contributed by atoms with van der Waals surface area (Å²) in [6.07, 6.45) is 3.69. The molecule has 1 unspecified atom stereocenters. The number of nitrogens with one attached hydrogen (secondary N) is 1. The minimum Gasteiger partial charge on any atom is -0.478 e. The van der Waals surface area contributed by atoms with Crippen LogP contribution in [-0.4, -0.2) is 46.1 Å². The quantitative estimate of drug-likeness (QED) is 0.880. The van der Waals surface area contributed by atoms with Crippen LogP contribution in [-0.2, 0) is 0 Å². The van der Waals surface area contributed by atoms with Gasteiger partial charge in [-0.3, -0.25) is 4.90 Å². The van der Waals surface area contributed by atoms with Gasteiger partial charge in [0.1, 0.15) is 11.4 Å². The molecule has 2 N–H and O–H groups in total. The predicted octanol–water partition coefficient (Wildman–Crippen LogP) is 2.05. The summed E-state index contributed by atoms with van der Waals surface area (Å²) in [5, 5.41) is 12.7. The standard InChI is InChI=1S/C15H21N3O2/c1-9-7-10(2)16-14(13(9)15(19)20)17-11-5-6-18(8-11)12-3-4-12/h7,11-12H,3-6,8H2,1-2H3,(H,16,17)(H,19,20). The molecule has 1 aliphatic carbocycles. The second-order valence-corrected chi connectivity index (χ2v) is 5.97. The van der Waals surface area contributed by atoms with Gasteiger partial charge in [0.25, 0.3) is 0 Å². The summed E-state index contributed by atoms with van der Waals surface area (Å²) in [7, 11) is 0. The third-order valence-electron chi connectivity index (χ3n) is 4.18. The normalized spacial score (nSPS) is 23.0. The first-order valence-electron chi connectivity index (χ1n) is 7.26. The molecule has 1 aliphatic heterocycles. The summed E-state index contributed by atoms with van der Waals surface area (Å²) in [6.45, 7) is 5.83. The molecule has 2 fully saturated rings. The summed E-state index contributed by atoms with van der Waals surface area (Å²) >= 11 is 0. The number of aromatic carboxylic acids is 1. The van der Waals surface area contributed by atoms with Crippen molar-refractivity contribution in [2.45, 2.75) is 45.2 Å². The highest BCUT2D eigenvalue weighted by Crippen LogP contribution is 2.31. The maximum absolute atomic E-state index is 11.4. The number of rotatable bonds is 4. The predicted molar refractivity (Wildman–Crippen MR) is 77.3 cm³/mol. The number of hydrogen-bond acceptors (Lipinski definition) is 4. The molecule has 3 rings (SSSR count). The first-order valence-corrected chi connectivity index (χ1v) is 7.26. The lowest BCUT2D eigenvalue weighted by molar-refractivity contribution is 0.0696. The molecule has 1 atom stereocenters. The van der Waals surface area contributed by atoms with E-state index in [1.807, 2.05) is 19.9 Å². The van der Waals surface area contributed by atoms with Crippen LogP contribution in [0.15, 0.2) is 6.07 Å². The number of aryl methyl sites for hydroxylation is 2. The average Bonchev–Trinajstić information content (AvgIpc) is 3.09. The van der Waals surface area contributed by atoms with Crippen molar-refractivity contribution in [3.63, 3.8) is 0 Å². The fraction of sp³-hybridized carbons (Fsp3) is 0.600. The topological polar surface area (TPSA) is 65.5 Å². The number of anilines is 1. The number of hydrogen-bond donors (Lipinski definition) is 2. The van der Waals surface area contributed by atoms with Gasteiger partial charge in [-0.1, -0.05) is 0 Å². The first kappa shape index (κ1) is 13.4. The molecule has 2 aliphatic rings. The van der Waals surface area contributed by atoms with Gasteiger partial charge in [-0.2, -0.15) is 0 Å². The Bertz CT molecular complexity index is 540. The Morgan fingerprint density at radius 3 is 2.80 bits per heavy atom. The summed E-state index contributed by atoms with van der Waals surface area (Å²) < 4.78 is 0. The molecule has 0 spiro atoms. The maximum Gasteiger partial charge on any atom is 0.339 e. The van der Waals surface area contributed by atoms with Crippen molar-refractivity contribution in [1.29, 1.82) is 0 Å². The third kappa shape index (κ3) is 2.63. The Balaban J connectivity index is 1.78. The molecule has 0 bridgehead atoms. The van der Waals surface area contributed by atoms with Crippen LogP contribution in [0.5, 0.6) is 0 Å². The van der Waals surface area contributed by atoms with Crippen LogP contribution in [0.3, 0.4) is 0 Å². The second-order valence-electron chi connectivity index (χ2n) is 5.97. The minimum atomic E-state index is -0.908. The molecule has 108 valence electrons. The molecule has 1 saturated heterocycles. The van der Waals surface area contributed by atoms with Crippen molar-refractivity contribution in [2.24, 2.45) is 0 Å². The van der Waals surface area contributed by atoms with Gasteiger partial charge < -0.3 is 10.4 Å². The van der Waals surface area contributed by atoms with Gasteiger partial charge in [0.15, 0.2) is 0 Å². The van der Waals surface area contributed by atoms with E-state index in [-0.39, 0.29) is 0 Å². The first-order chi connectivity index (χ1) is 9.54. The van der Waals surface area contributed by atoms with Crippen LogP contribution in [0, 0.1) is 13.8 Å². The Kier molecular flexibility index (Phi) is 3.38. The largest absolute Gasteiger partial charge is 0.478 e. The second kappa shape index (κ2) is 5.05. The van der Waals surface area contributed by atoms with Crippen LogP contribution in [0.25, 0.3) is 0 Å². The number of aromatic nitrogens is 1. The summed E-state index contributed by atoms with van der Waals surface area (Å²) in [5.41, 5.74) is 1.93. The van der Waals surface area contributed by atoms with E-state index >= 15 is 0 Å². The number of likely N-dealkylation sites (tertiary alicyclic amines) is 1. The molecule has 20 heavy (non-hydrogen) atoms. The summed E-state index contributed by atoms with van der Waals surface area (Å²) in [6, 6.07) is 2.90. The Morgan fingerprint density at radius 1 is 1.40 bits per heavy atom. The number of carboxylic acids is 1. The monoisotopic (exact) mass is 275 g/mol. The molecule has 0 amide bonds. The van der Waals surface area contributed by atoms with Crippen LogP contribution >= 0.6 is 0 Å². The Hall–Kier alpha value is -1.62. The minimum absolute atomic E-state index is 0.306. The lowest BCUT2D eigenvalue weighted by Crippen LogP contribution is -2.28. The highest BCUT2D eigenvalue weighted by molar-refractivity contribution is 5.94. The van der Waals surface area contributed by atoms with E-state index in [2.05, 4.69) is 15.2 Å². The van der Waals surface area contributed by atoms with E-state index in [4.69, 9.17) is 0 Å². The molecule has 1 aromatic heterocycles. The average molecular weight is 275 g/mol. The fourth-order valence-electron chi connectivity index (χ4n) is 3.08. The van der Waals surface area contributed by atoms with E-state index in [0.717, 1.165) is 36.8 Å². The van der Waals surface area contributed by atoms with Crippen molar-refractivity contribution >= 4 is 11.8 Å². The molecule has 0 radical (unpaired) electrons. The molecule has 0 aromatic carbocycles. The van der Waals surface area contributed by atoms with Gasteiger partial charge in [-0.15, -0.1) is 0 Å². The van der Waals surface area contributed by atoms with Gasteiger partial charge in [0.2, 0.25) is 0 Å². The van der Waals surface area contributed by atoms with Crippen LogP contribution in [0.4, 0.5) is 5.82 Å². The molecule has 2 heterocycles. The van der Waals surface area contributed by atoms with E-state index in [1.165, 1.54) is 12.8 Å². The van der Waals surface area contributed by atoms with E-state index in [1.54, 1.807) is 0 Å². The van der Waals surface area contributed by atoms with Crippen molar-refractivity contribution in [3.05, 3.63) is 22.9 Å². The highest BCUT2D eigenvalue weighted by Gasteiger charge is 2.34. The smallest absolute Gasteiger partial charge is 0.339 e. The molecule has 1 aromatic rings.